The Labute approximate surface area is 370 Å². The molecule has 2 aliphatic rings. The van der Waals surface area contributed by atoms with Gasteiger partial charge in [-0.2, -0.15) is 0 Å². The van der Waals surface area contributed by atoms with E-state index < -0.39 is 66.2 Å². The number of hydrogen-bond acceptors (Lipinski definition) is 10. The van der Waals surface area contributed by atoms with Crippen LogP contribution in [0, 0.1) is 0 Å². The van der Waals surface area contributed by atoms with Crippen LogP contribution in [0.2, 0.25) is 0 Å². The van der Waals surface area contributed by atoms with E-state index in [0.29, 0.717) is 88.1 Å². The number of ketones is 1. The number of nitrogens with zero attached hydrogens (tertiary/aromatic N) is 2. The Morgan fingerprint density at radius 3 is 2.25 bits per heavy atom. The molecular formula is C47H64N6O10. The van der Waals surface area contributed by atoms with Crippen LogP contribution in [0.5, 0.6) is 11.5 Å². The fourth-order valence-electron chi connectivity index (χ4n) is 7.83. The molecule has 5 atom stereocenters. The van der Waals surface area contributed by atoms with Gasteiger partial charge in [-0.3, -0.25) is 28.8 Å². The normalized spacial score (nSPS) is 17.6. The van der Waals surface area contributed by atoms with Crippen molar-refractivity contribution in [1.82, 2.24) is 25.8 Å². The minimum absolute atomic E-state index is 0.00360. The van der Waals surface area contributed by atoms with Crippen LogP contribution in [0.25, 0.3) is 0 Å². The second kappa shape index (κ2) is 25.2. The largest absolute Gasteiger partial charge is 0.486 e. The van der Waals surface area contributed by atoms with Crippen molar-refractivity contribution in [3.05, 3.63) is 84.0 Å². The molecule has 0 bridgehead atoms. The quantitative estimate of drug-likeness (QED) is 0.0557. The fraction of sp³-hybridized carbons (Fsp3) is 0.511. The highest BCUT2D eigenvalue weighted by Gasteiger charge is 2.42. The first-order valence-corrected chi connectivity index (χ1v) is 21.9. The van der Waals surface area contributed by atoms with E-state index in [4.69, 9.17) is 15.2 Å². The van der Waals surface area contributed by atoms with Crippen molar-refractivity contribution in [3.8, 4) is 11.5 Å². The second-order valence-electron chi connectivity index (χ2n) is 15.9. The summed E-state index contributed by atoms with van der Waals surface area (Å²) in [5.74, 6) is -2.83. The Morgan fingerprint density at radius 2 is 1.60 bits per heavy atom. The van der Waals surface area contributed by atoms with Crippen LogP contribution in [0.1, 0.15) is 96.1 Å². The highest BCUT2D eigenvalue weighted by molar-refractivity contribution is 5.99. The molecule has 342 valence electrons. The molecule has 2 heterocycles. The predicted molar refractivity (Wildman–Crippen MR) is 236 cm³/mol. The van der Waals surface area contributed by atoms with E-state index in [-0.39, 0.29) is 37.7 Å². The minimum Gasteiger partial charge on any atom is -0.486 e. The van der Waals surface area contributed by atoms with Crippen molar-refractivity contribution >= 4 is 41.2 Å². The van der Waals surface area contributed by atoms with E-state index in [1.54, 1.807) is 31.2 Å². The summed E-state index contributed by atoms with van der Waals surface area (Å²) in [7, 11) is 0. The number of aryl methyl sites for hydroxylation is 1. The van der Waals surface area contributed by atoms with E-state index in [1.165, 1.54) is 16.7 Å². The average molecular weight is 873 g/mol. The SMILES string of the molecule is C=CCOc1cc(CCC(NC(=O)C2CCCN2C(=O)/C(=C/C)CC)C(=O)NC(C(=O)N2CCCC2C(=O)NCCCCC(C)=O)C(O)CC(N)=O)ccc1OCc1ccccc1. The number of carbonyl (C=O) groups excluding carboxylic acids is 7. The Hall–Kier alpha value is -6.03. The number of rotatable bonds is 25. The van der Waals surface area contributed by atoms with E-state index in [0.717, 1.165) is 11.1 Å². The third-order valence-corrected chi connectivity index (χ3v) is 11.2. The number of hydrogen-bond donors (Lipinski definition) is 5. The number of aliphatic hydroxyl groups is 1. The molecule has 2 fully saturated rings. The molecule has 0 aromatic heterocycles. The van der Waals surface area contributed by atoms with Crippen LogP contribution in [-0.2, 0) is 46.6 Å². The molecular weight excluding hydrogens is 809 g/mol. The predicted octanol–water partition coefficient (Wildman–Crippen LogP) is 3.18. The molecule has 0 saturated carbocycles. The van der Waals surface area contributed by atoms with Gasteiger partial charge in [-0.05, 0) is 94.9 Å². The highest BCUT2D eigenvalue weighted by atomic mass is 16.5. The first-order valence-electron chi connectivity index (χ1n) is 21.9. The molecule has 6 N–H and O–H groups in total. The molecule has 0 aliphatic carbocycles. The number of Topliss-reactive ketones (excluding diaryl/α,β-unsaturated/α-hetero) is 1. The van der Waals surface area contributed by atoms with Gasteiger partial charge in [0.2, 0.25) is 35.4 Å². The van der Waals surface area contributed by atoms with Gasteiger partial charge in [0.05, 0.1) is 12.5 Å². The summed E-state index contributed by atoms with van der Waals surface area (Å²) in [6.45, 7) is 10.1. The summed E-state index contributed by atoms with van der Waals surface area (Å²) in [4.78, 5) is 95.6. The van der Waals surface area contributed by atoms with E-state index in [2.05, 4.69) is 22.5 Å². The molecule has 2 aromatic carbocycles. The van der Waals surface area contributed by atoms with Crippen LogP contribution in [0.3, 0.4) is 0 Å². The minimum atomic E-state index is -1.77. The average Bonchev–Trinajstić information content (AvgIpc) is 3.97. The van der Waals surface area contributed by atoms with Crippen molar-refractivity contribution in [3.63, 3.8) is 0 Å². The molecule has 16 heteroatoms. The van der Waals surface area contributed by atoms with Crippen molar-refractivity contribution in [2.45, 2.75) is 128 Å². The lowest BCUT2D eigenvalue weighted by atomic mass is 10.0. The second-order valence-corrected chi connectivity index (χ2v) is 15.9. The molecule has 6 amide bonds. The van der Waals surface area contributed by atoms with E-state index >= 15 is 0 Å². The standard InChI is InChI=1S/C47H64N6O10/c1-5-27-62-40-28-32(21-23-39(40)63-30-33-16-9-8-10-17-33)20-22-35(50-45(59)37-19-14-25-52(37)46(60)34(6-2)7-3)43(57)51-42(38(55)29-41(48)56)47(61)53-26-13-18-36(53)44(58)49-24-12-11-15-31(4)54/h5-6,8-10,16-17,21,23,28,35-38,42,55H,1,7,11-15,18-20,22,24-27,29-30H2,2-4H3,(H2,48,56)(H,49,58)(H,50,59)(H,51,57)/b34-6+. The fourth-order valence-corrected chi connectivity index (χ4v) is 7.83. The smallest absolute Gasteiger partial charge is 0.250 e. The van der Waals surface area contributed by atoms with Crippen LogP contribution in [-0.4, -0.2) is 113 Å². The summed E-state index contributed by atoms with van der Waals surface area (Å²) >= 11 is 0. The molecule has 0 radical (unpaired) electrons. The third-order valence-electron chi connectivity index (χ3n) is 11.2. The highest BCUT2D eigenvalue weighted by Crippen LogP contribution is 2.30. The van der Waals surface area contributed by atoms with Gasteiger partial charge in [0.1, 0.15) is 43.2 Å². The summed E-state index contributed by atoms with van der Waals surface area (Å²) in [6.07, 6.45) is 4.86. The lowest BCUT2D eigenvalue weighted by Crippen LogP contribution is -2.61. The summed E-state index contributed by atoms with van der Waals surface area (Å²) in [5, 5.41) is 19.5. The number of ether oxygens (including phenoxy) is 2. The summed E-state index contributed by atoms with van der Waals surface area (Å²) < 4.78 is 12.0. The maximum absolute atomic E-state index is 14.4. The number of nitrogens with one attached hydrogen (secondary N) is 3. The molecule has 4 rings (SSSR count). The zero-order valence-electron chi connectivity index (χ0n) is 36.8. The number of benzene rings is 2. The van der Waals surface area contributed by atoms with Crippen molar-refractivity contribution < 1.29 is 48.1 Å². The van der Waals surface area contributed by atoms with Gasteiger partial charge in [-0.15, -0.1) is 0 Å². The van der Waals surface area contributed by atoms with Gasteiger partial charge in [0.15, 0.2) is 11.5 Å². The van der Waals surface area contributed by atoms with Crippen molar-refractivity contribution in [2.75, 3.05) is 26.2 Å². The number of unbranched alkanes of at least 4 members (excludes halogenated alkanes) is 1. The molecule has 2 saturated heterocycles. The van der Waals surface area contributed by atoms with Crippen molar-refractivity contribution in [1.29, 1.82) is 0 Å². The molecule has 2 aromatic rings. The van der Waals surface area contributed by atoms with Gasteiger partial charge < -0.3 is 50.9 Å². The molecule has 0 spiro atoms. The number of carbonyl (C=O) groups is 7. The molecule has 5 unspecified atom stereocenters. The van der Waals surface area contributed by atoms with Crippen LogP contribution >= 0.6 is 0 Å². The Morgan fingerprint density at radius 1 is 0.905 bits per heavy atom. The monoisotopic (exact) mass is 872 g/mol. The number of nitrogens with two attached hydrogens (primary N) is 1. The maximum atomic E-state index is 14.4. The maximum Gasteiger partial charge on any atom is 0.250 e. The Bertz CT molecular complexity index is 1950. The van der Waals surface area contributed by atoms with Crippen molar-refractivity contribution in [2.24, 2.45) is 5.73 Å². The van der Waals surface area contributed by atoms with Crippen LogP contribution < -0.4 is 31.2 Å². The number of allylic oxidation sites excluding steroid dienone is 1. The zero-order chi connectivity index (χ0) is 45.9. The molecule has 16 nitrogen and oxygen atoms in total. The van der Waals surface area contributed by atoms with Gasteiger partial charge in [-0.1, -0.05) is 62.1 Å². The number of primary amides is 1. The molecule has 2 aliphatic heterocycles. The van der Waals surface area contributed by atoms with Gasteiger partial charge in [0.25, 0.3) is 0 Å². The third kappa shape index (κ3) is 14.8. The van der Waals surface area contributed by atoms with Crippen LogP contribution in [0.15, 0.2) is 72.8 Å². The van der Waals surface area contributed by atoms with E-state index in [9.17, 15) is 38.7 Å². The van der Waals surface area contributed by atoms with Crippen LogP contribution in [0.4, 0.5) is 0 Å². The lowest BCUT2D eigenvalue weighted by molar-refractivity contribution is -0.145. The Kier molecular flexibility index (Phi) is 19.8. The lowest BCUT2D eigenvalue weighted by Gasteiger charge is -2.32. The topological polar surface area (TPSA) is 227 Å². The summed E-state index contributed by atoms with van der Waals surface area (Å²) in [6, 6.07) is 10.2. The first-order chi connectivity index (χ1) is 30.3. The zero-order valence-corrected chi connectivity index (χ0v) is 36.8. The number of likely N-dealkylation sites (tertiary alicyclic amines) is 2. The number of amides is 6. The number of aliphatic hydroxyl groups excluding tert-OH is 1. The van der Waals surface area contributed by atoms with Gasteiger partial charge in [-0.25, -0.2) is 0 Å². The summed E-state index contributed by atoms with van der Waals surface area (Å²) in [5.41, 5.74) is 7.67. The Balaban J connectivity index is 1.60. The van der Waals surface area contributed by atoms with Gasteiger partial charge >= 0.3 is 0 Å². The van der Waals surface area contributed by atoms with E-state index in [1.807, 2.05) is 43.3 Å². The first kappa shape index (κ1) is 49.6. The molecule has 63 heavy (non-hydrogen) atoms. The van der Waals surface area contributed by atoms with Gasteiger partial charge in [0, 0.05) is 31.6 Å².